The molecule has 3 N–H and O–H groups in total. The Morgan fingerprint density at radius 1 is 1.36 bits per heavy atom. The summed E-state index contributed by atoms with van der Waals surface area (Å²) in [5, 5.41) is 8.81. The summed E-state index contributed by atoms with van der Waals surface area (Å²) in [5.41, 5.74) is 5.38. The summed E-state index contributed by atoms with van der Waals surface area (Å²) in [7, 11) is 0. The highest BCUT2D eigenvalue weighted by Crippen LogP contribution is 2.24. The Hall–Kier alpha value is -0.710. The number of halogens is 3. The summed E-state index contributed by atoms with van der Waals surface area (Å²) in [6.45, 7) is 1.40. The van der Waals surface area contributed by atoms with Crippen LogP contribution >= 0.6 is 11.6 Å². The van der Waals surface area contributed by atoms with Gasteiger partial charge in [-0.05, 0) is 19.1 Å². The fourth-order valence-electron chi connectivity index (χ4n) is 1.05. The number of rotatable bonds is 2. The van der Waals surface area contributed by atoms with Crippen LogP contribution in [-0.2, 0) is 0 Å². The summed E-state index contributed by atoms with van der Waals surface area (Å²) < 4.78 is 26.1. The lowest BCUT2D eigenvalue weighted by atomic mass is 10.0. The van der Waals surface area contributed by atoms with Crippen molar-refractivity contribution in [3.8, 4) is 0 Å². The third kappa shape index (κ3) is 2.20. The predicted molar refractivity (Wildman–Crippen MR) is 50.0 cm³/mol. The Bertz CT molecular complexity index is 344. The number of nitrogens with two attached hydrogens (primary N) is 1. The number of benzene rings is 1. The average Bonchev–Trinajstić information content (AvgIpc) is 2.10. The molecule has 14 heavy (non-hydrogen) atoms. The second kappa shape index (κ2) is 4.21. The van der Waals surface area contributed by atoms with Gasteiger partial charge in [-0.3, -0.25) is 0 Å². The second-order valence-electron chi connectivity index (χ2n) is 3.05. The standard InChI is InChI=1S/C9H10ClF2NO/c1-4(14)9(13)5-2-8(12)6(10)3-7(5)11/h2-4,9,14H,13H2,1H3/t4-,9+/m1/s1. The van der Waals surface area contributed by atoms with E-state index in [2.05, 4.69) is 0 Å². The molecule has 0 fully saturated rings. The molecule has 0 aliphatic rings. The Labute approximate surface area is 85.3 Å². The van der Waals surface area contributed by atoms with Gasteiger partial charge in [-0.2, -0.15) is 0 Å². The minimum absolute atomic E-state index is 0.0816. The monoisotopic (exact) mass is 221 g/mol. The molecule has 1 aromatic carbocycles. The van der Waals surface area contributed by atoms with Gasteiger partial charge < -0.3 is 10.8 Å². The molecule has 0 aliphatic carbocycles. The predicted octanol–water partition coefficient (Wildman–Crippen LogP) is 2.00. The first-order valence-electron chi connectivity index (χ1n) is 4.01. The van der Waals surface area contributed by atoms with E-state index in [0.29, 0.717) is 0 Å². The minimum Gasteiger partial charge on any atom is -0.391 e. The first-order valence-corrected chi connectivity index (χ1v) is 4.39. The molecule has 0 aliphatic heterocycles. The molecular weight excluding hydrogens is 212 g/mol. The fourth-order valence-corrected chi connectivity index (χ4v) is 1.20. The van der Waals surface area contributed by atoms with Crippen LogP contribution in [0.15, 0.2) is 12.1 Å². The zero-order valence-electron chi connectivity index (χ0n) is 7.47. The summed E-state index contributed by atoms with van der Waals surface area (Å²) in [5.74, 6) is -1.47. The van der Waals surface area contributed by atoms with Crippen molar-refractivity contribution in [2.75, 3.05) is 0 Å². The van der Waals surface area contributed by atoms with Gasteiger partial charge in [-0.1, -0.05) is 11.6 Å². The number of hydrogen-bond acceptors (Lipinski definition) is 2. The van der Waals surface area contributed by atoms with E-state index in [4.69, 9.17) is 22.4 Å². The number of hydrogen-bond donors (Lipinski definition) is 2. The van der Waals surface area contributed by atoms with Gasteiger partial charge in [0, 0.05) is 5.56 Å². The zero-order chi connectivity index (χ0) is 10.9. The minimum atomic E-state index is -0.957. The summed E-state index contributed by atoms with van der Waals surface area (Å²) in [6.07, 6.45) is -0.954. The maximum atomic E-state index is 13.2. The van der Waals surface area contributed by atoms with Crippen molar-refractivity contribution in [2.45, 2.75) is 19.1 Å². The van der Waals surface area contributed by atoms with Crippen LogP contribution in [0.3, 0.4) is 0 Å². The first-order chi connectivity index (χ1) is 6.43. The van der Waals surface area contributed by atoms with E-state index in [9.17, 15) is 8.78 Å². The first kappa shape index (κ1) is 11.4. The molecule has 78 valence electrons. The van der Waals surface area contributed by atoms with Crippen molar-refractivity contribution in [1.82, 2.24) is 0 Å². The molecule has 0 heterocycles. The largest absolute Gasteiger partial charge is 0.391 e. The van der Waals surface area contributed by atoms with E-state index in [1.165, 1.54) is 6.92 Å². The van der Waals surface area contributed by atoms with Gasteiger partial charge in [0.25, 0.3) is 0 Å². The van der Waals surface area contributed by atoms with Gasteiger partial charge in [0.15, 0.2) is 0 Å². The number of aliphatic hydroxyl groups is 1. The molecule has 0 bridgehead atoms. The van der Waals surface area contributed by atoms with Gasteiger partial charge in [-0.15, -0.1) is 0 Å². The quantitative estimate of drug-likeness (QED) is 0.751. The van der Waals surface area contributed by atoms with Crippen molar-refractivity contribution < 1.29 is 13.9 Å². The lowest BCUT2D eigenvalue weighted by Crippen LogP contribution is -2.24. The second-order valence-corrected chi connectivity index (χ2v) is 3.46. The molecule has 0 saturated carbocycles. The van der Waals surface area contributed by atoms with Crippen molar-refractivity contribution in [1.29, 1.82) is 0 Å². The molecule has 0 aromatic heterocycles. The highest BCUT2D eigenvalue weighted by Gasteiger charge is 2.18. The lowest BCUT2D eigenvalue weighted by molar-refractivity contribution is 0.162. The van der Waals surface area contributed by atoms with Gasteiger partial charge >= 0.3 is 0 Å². The molecule has 0 radical (unpaired) electrons. The Morgan fingerprint density at radius 2 is 1.93 bits per heavy atom. The van der Waals surface area contributed by atoms with Gasteiger partial charge in [0.1, 0.15) is 11.6 Å². The molecule has 0 spiro atoms. The van der Waals surface area contributed by atoms with Gasteiger partial charge in [0.2, 0.25) is 0 Å². The molecule has 2 nitrogen and oxygen atoms in total. The summed E-state index contributed by atoms with van der Waals surface area (Å²) >= 11 is 5.35. The van der Waals surface area contributed by atoms with E-state index in [1.54, 1.807) is 0 Å². The molecule has 5 heteroatoms. The van der Waals surface area contributed by atoms with E-state index in [1.807, 2.05) is 0 Å². The fraction of sp³-hybridized carbons (Fsp3) is 0.333. The van der Waals surface area contributed by atoms with Crippen LogP contribution < -0.4 is 5.73 Å². The lowest BCUT2D eigenvalue weighted by Gasteiger charge is -2.16. The zero-order valence-corrected chi connectivity index (χ0v) is 8.22. The Balaban J connectivity index is 3.15. The third-order valence-electron chi connectivity index (χ3n) is 1.92. The van der Waals surface area contributed by atoms with Crippen molar-refractivity contribution in [2.24, 2.45) is 5.73 Å². The topological polar surface area (TPSA) is 46.2 Å². The Kier molecular flexibility index (Phi) is 3.42. The molecule has 2 atom stereocenters. The van der Waals surface area contributed by atoms with Crippen molar-refractivity contribution in [3.05, 3.63) is 34.4 Å². The summed E-state index contributed by atoms with van der Waals surface area (Å²) in [6, 6.07) is 0.783. The maximum Gasteiger partial charge on any atom is 0.142 e. The molecule has 1 rings (SSSR count). The van der Waals surface area contributed by atoms with Gasteiger partial charge in [0.05, 0.1) is 17.2 Å². The smallest absolute Gasteiger partial charge is 0.142 e. The van der Waals surface area contributed by atoms with E-state index >= 15 is 0 Å². The summed E-state index contributed by atoms with van der Waals surface area (Å²) in [4.78, 5) is 0. The van der Waals surface area contributed by atoms with Crippen LogP contribution in [0.25, 0.3) is 0 Å². The SMILES string of the molecule is C[C@@H](O)[C@H](N)c1cc(F)c(Cl)cc1F. The molecule has 0 amide bonds. The normalized spacial score (nSPS) is 15.3. The van der Waals surface area contributed by atoms with Crippen molar-refractivity contribution in [3.63, 3.8) is 0 Å². The van der Waals surface area contributed by atoms with Crippen LogP contribution in [-0.4, -0.2) is 11.2 Å². The van der Waals surface area contributed by atoms with E-state index < -0.39 is 23.8 Å². The maximum absolute atomic E-state index is 13.2. The van der Waals surface area contributed by atoms with Crippen LogP contribution in [0.5, 0.6) is 0 Å². The van der Waals surface area contributed by atoms with Gasteiger partial charge in [-0.25, -0.2) is 8.78 Å². The molecule has 0 unspecified atom stereocenters. The van der Waals surface area contributed by atoms with Crippen molar-refractivity contribution >= 4 is 11.6 Å². The molecule has 0 saturated heterocycles. The van der Waals surface area contributed by atoms with Crippen LogP contribution in [0, 0.1) is 11.6 Å². The molecular formula is C9H10ClF2NO. The molecule has 1 aromatic rings. The number of aliphatic hydroxyl groups excluding tert-OH is 1. The van der Waals surface area contributed by atoms with E-state index in [-0.39, 0.29) is 10.6 Å². The van der Waals surface area contributed by atoms with E-state index in [0.717, 1.165) is 12.1 Å². The highest BCUT2D eigenvalue weighted by atomic mass is 35.5. The third-order valence-corrected chi connectivity index (χ3v) is 2.21. The van der Waals surface area contributed by atoms with Crippen LogP contribution in [0.1, 0.15) is 18.5 Å². The average molecular weight is 222 g/mol. The van der Waals surface area contributed by atoms with Crippen LogP contribution in [0.2, 0.25) is 5.02 Å². The van der Waals surface area contributed by atoms with Crippen LogP contribution in [0.4, 0.5) is 8.78 Å². The Morgan fingerprint density at radius 3 is 2.43 bits per heavy atom. The highest BCUT2D eigenvalue weighted by molar-refractivity contribution is 6.30.